The van der Waals surface area contributed by atoms with Gasteiger partial charge in [-0.15, -0.1) is 0 Å². The number of rotatable bonds is 6. The average molecular weight is 388 g/mol. The number of pyridine rings is 1. The van der Waals surface area contributed by atoms with Crippen molar-refractivity contribution in [1.82, 2.24) is 8.96 Å². The van der Waals surface area contributed by atoms with Crippen LogP contribution in [-0.2, 0) is 14.8 Å². The van der Waals surface area contributed by atoms with E-state index in [9.17, 15) is 13.2 Å². The number of carboxylic acid groups (broad SMARTS) is 1. The molecule has 1 N–H and O–H groups in total. The van der Waals surface area contributed by atoms with Gasteiger partial charge in [0.15, 0.2) is 17.1 Å². The van der Waals surface area contributed by atoms with Gasteiger partial charge in [-0.3, -0.25) is 0 Å². The summed E-state index contributed by atoms with van der Waals surface area (Å²) >= 11 is 0. The number of nitrogens with zero attached hydrogens (tertiary/aromatic N) is 2. The van der Waals surface area contributed by atoms with Gasteiger partial charge in [0, 0.05) is 29.9 Å². The first kappa shape index (κ1) is 18.5. The van der Waals surface area contributed by atoms with E-state index >= 15 is 0 Å². The van der Waals surface area contributed by atoms with Gasteiger partial charge in [-0.05, 0) is 35.9 Å². The summed E-state index contributed by atoms with van der Waals surface area (Å²) in [5, 5.41) is 9.26. The first-order valence-corrected chi connectivity index (χ1v) is 9.16. The van der Waals surface area contributed by atoms with E-state index in [0.717, 1.165) is 10.0 Å². The van der Waals surface area contributed by atoms with Crippen LogP contribution in [0.5, 0.6) is 11.5 Å². The molecule has 0 aliphatic heterocycles. The molecular formula is C18H16N2O6S. The second-order valence-corrected chi connectivity index (χ2v) is 7.30. The first-order chi connectivity index (χ1) is 12.9. The first-order valence-electron chi connectivity index (χ1n) is 7.72. The maximum Gasteiger partial charge on any atom is 0.328 e. The molecule has 2 aromatic heterocycles. The van der Waals surface area contributed by atoms with Crippen molar-refractivity contribution in [1.29, 1.82) is 0 Å². The van der Waals surface area contributed by atoms with Crippen molar-refractivity contribution in [3.05, 3.63) is 54.4 Å². The van der Waals surface area contributed by atoms with E-state index in [-0.39, 0.29) is 10.5 Å². The highest BCUT2D eigenvalue weighted by Gasteiger charge is 2.21. The maximum absolute atomic E-state index is 13.0. The number of aromatic nitrogens is 2. The van der Waals surface area contributed by atoms with Crippen LogP contribution >= 0.6 is 0 Å². The second kappa shape index (κ2) is 7.12. The lowest BCUT2D eigenvalue weighted by Gasteiger charge is -2.11. The van der Waals surface area contributed by atoms with Gasteiger partial charge in [-0.25, -0.2) is 22.2 Å². The minimum atomic E-state index is -3.91. The van der Waals surface area contributed by atoms with Crippen LogP contribution in [0, 0.1) is 0 Å². The topological polar surface area (TPSA) is 108 Å². The van der Waals surface area contributed by atoms with E-state index in [0.29, 0.717) is 22.4 Å². The fourth-order valence-electron chi connectivity index (χ4n) is 2.56. The van der Waals surface area contributed by atoms with Crippen LogP contribution in [0.4, 0.5) is 0 Å². The van der Waals surface area contributed by atoms with Crippen molar-refractivity contribution >= 4 is 33.1 Å². The van der Waals surface area contributed by atoms with E-state index in [2.05, 4.69) is 4.98 Å². The number of carbonyl (C=O) groups is 1. The summed E-state index contributed by atoms with van der Waals surface area (Å²) in [6.07, 6.45) is 5.17. The molecule has 0 atom stereocenters. The summed E-state index contributed by atoms with van der Waals surface area (Å²) in [4.78, 5) is 14.8. The van der Waals surface area contributed by atoms with Crippen LogP contribution in [0.1, 0.15) is 5.56 Å². The van der Waals surface area contributed by atoms with E-state index in [1.165, 1.54) is 50.9 Å². The van der Waals surface area contributed by atoms with Crippen LogP contribution in [0.15, 0.2) is 53.7 Å². The molecule has 0 fully saturated rings. The van der Waals surface area contributed by atoms with E-state index < -0.39 is 16.0 Å². The minimum absolute atomic E-state index is 0.0225. The van der Waals surface area contributed by atoms with Crippen LogP contribution in [0.2, 0.25) is 0 Å². The molecule has 0 amide bonds. The molecule has 0 unspecified atom stereocenters. The lowest BCUT2D eigenvalue weighted by atomic mass is 10.2. The van der Waals surface area contributed by atoms with E-state index in [1.807, 2.05) is 0 Å². The van der Waals surface area contributed by atoms with Gasteiger partial charge in [0.05, 0.1) is 19.1 Å². The highest BCUT2D eigenvalue weighted by molar-refractivity contribution is 7.90. The molecule has 0 spiro atoms. The molecule has 0 saturated carbocycles. The third-order valence-corrected chi connectivity index (χ3v) is 5.51. The summed E-state index contributed by atoms with van der Waals surface area (Å²) in [6, 6.07) is 7.57. The molecule has 140 valence electrons. The predicted octanol–water partition coefficient (Wildman–Crippen LogP) is 2.39. The molecule has 1 aromatic carbocycles. The molecule has 0 radical (unpaired) electrons. The van der Waals surface area contributed by atoms with Crippen molar-refractivity contribution in [2.45, 2.75) is 4.90 Å². The third kappa shape index (κ3) is 3.49. The molecule has 3 rings (SSSR count). The Labute approximate surface area is 155 Å². The summed E-state index contributed by atoms with van der Waals surface area (Å²) in [7, 11) is -1.02. The zero-order valence-corrected chi connectivity index (χ0v) is 15.3. The maximum atomic E-state index is 13.0. The predicted molar refractivity (Wildman–Crippen MR) is 98.5 cm³/mol. The van der Waals surface area contributed by atoms with Gasteiger partial charge in [-0.1, -0.05) is 0 Å². The zero-order valence-electron chi connectivity index (χ0n) is 14.5. The fourth-order valence-corrected chi connectivity index (χ4v) is 3.88. The van der Waals surface area contributed by atoms with Gasteiger partial charge >= 0.3 is 5.97 Å². The van der Waals surface area contributed by atoms with Crippen LogP contribution in [0.3, 0.4) is 0 Å². The molecule has 8 nitrogen and oxygen atoms in total. The van der Waals surface area contributed by atoms with Crippen LogP contribution in [-0.4, -0.2) is 42.7 Å². The molecule has 3 aromatic rings. The molecule has 0 aliphatic rings. The van der Waals surface area contributed by atoms with E-state index in [4.69, 9.17) is 14.6 Å². The van der Waals surface area contributed by atoms with Crippen molar-refractivity contribution in [2.24, 2.45) is 0 Å². The minimum Gasteiger partial charge on any atom is -0.493 e. The Morgan fingerprint density at radius 2 is 1.89 bits per heavy atom. The highest BCUT2D eigenvalue weighted by atomic mass is 32.2. The molecule has 0 aliphatic carbocycles. The lowest BCUT2D eigenvalue weighted by Crippen LogP contribution is -2.12. The Hall–Kier alpha value is -3.33. The number of benzene rings is 1. The van der Waals surface area contributed by atoms with Gasteiger partial charge in [0.2, 0.25) is 0 Å². The molecule has 0 bridgehead atoms. The molecular weight excluding hydrogens is 372 g/mol. The summed E-state index contributed by atoms with van der Waals surface area (Å²) in [6.45, 7) is 0. The highest BCUT2D eigenvalue weighted by Crippen LogP contribution is 2.31. The standard InChI is InChI=1S/C18H16N2O6S/c1-25-15-5-4-14(10-16(15)26-2)27(23,24)20-8-7-13-9-12(3-6-17(21)22)11-19-18(13)20/h3-11H,1-2H3,(H,21,22)/b6-3+. The number of ether oxygens (including phenoxy) is 2. The molecule has 9 heteroatoms. The fraction of sp³-hybridized carbons (Fsp3) is 0.111. The number of methoxy groups -OCH3 is 2. The lowest BCUT2D eigenvalue weighted by molar-refractivity contribution is -0.131. The Balaban J connectivity index is 2.07. The van der Waals surface area contributed by atoms with Gasteiger partial charge in [0.25, 0.3) is 10.0 Å². The number of hydrogen-bond acceptors (Lipinski definition) is 6. The number of carboxylic acids is 1. The normalized spacial score (nSPS) is 11.8. The third-order valence-electron chi connectivity index (χ3n) is 3.84. The monoisotopic (exact) mass is 388 g/mol. The smallest absolute Gasteiger partial charge is 0.328 e. The van der Waals surface area contributed by atoms with E-state index in [1.54, 1.807) is 12.1 Å². The van der Waals surface area contributed by atoms with Gasteiger partial charge in [-0.2, -0.15) is 0 Å². The Kier molecular flexibility index (Phi) is 4.87. The van der Waals surface area contributed by atoms with Crippen molar-refractivity contribution < 1.29 is 27.8 Å². The van der Waals surface area contributed by atoms with Crippen molar-refractivity contribution in [3.63, 3.8) is 0 Å². The number of aliphatic carboxylic acids is 1. The second-order valence-electron chi connectivity index (χ2n) is 5.49. The summed E-state index contributed by atoms with van der Waals surface area (Å²) in [5.74, 6) is -0.366. The Bertz CT molecular complexity index is 1150. The molecule has 2 heterocycles. The van der Waals surface area contributed by atoms with Crippen molar-refractivity contribution in [3.8, 4) is 11.5 Å². The largest absolute Gasteiger partial charge is 0.493 e. The average Bonchev–Trinajstić information content (AvgIpc) is 3.09. The van der Waals surface area contributed by atoms with Crippen LogP contribution < -0.4 is 9.47 Å². The summed E-state index contributed by atoms with van der Waals surface area (Å²) < 4.78 is 37.4. The summed E-state index contributed by atoms with van der Waals surface area (Å²) in [5.41, 5.74) is 0.781. The van der Waals surface area contributed by atoms with Crippen LogP contribution in [0.25, 0.3) is 17.1 Å². The Morgan fingerprint density at radius 3 is 2.56 bits per heavy atom. The zero-order chi connectivity index (χ0) is 19.6. The number of hydrogen-bond donors (Lipinski definition) is 1. The number of fused-ring (bicyclic) bond motifs is 1. The van der Waals surface area contributed by atoms with Crippen molar-refractivity contribution in [2.75, 3.05) is 14.2 Å². The van der Waals surface area contributed by atoms with Gasteiger partial charge < -0.3 is 14.6 Å². The SMILES string of the molecule is COc1ccc(S(=O)(=O)n2ccc3cc(/C=C/C(=O)O)cnc32)cc1OC. The van der Waals surface area contributed by atoms with Gasteiger partial charge in [0.1, 0.15) is 0 Å². The molecule has 27 heavy (non-hydrogen) atoms. The Morgan fingerprint density at radius 1 is 1.15 bits per heavy atom. The molecule has 0 saturated heterocycles. The quantitative estimate of drug-likeness (QED) is 0.646.